The number of aromatic nitrogens is 2. The van der Waals surface area contributed by atoms with Gasteiger partial charge in [0, 0.05) is 19.3 Å². The smallest absolute Gasteiger partial charge is 0.333 e. The van der Waals surface area contributed by atoms with Crippen molar-refractivity contribution >= 4 is 27.6 Å². The second kappa shape index (κ2) is 5.81. The highest BCUT2D eigenvalue weighted by atomic mass is 32.2. The van der Waals surface area contributed by atoms with E-state index in [-0.39, 0.29) is 10.6 Å². The van der Waals surface area contributed by atoms with Crippen molar-refractivity contribution in [1.82, 2.24) is 19.4 Å². The minimum Gasteiger partial charge on any atom is -0.338 e. The van der Waals surface area contributed by atoms with Crippen LogP contribution in [0.15, 0.2) is 17.2 Å². The van der Waals surface area contributed by atoms with Crippen LogP contribution in [0.4, 0.5) is 10.5 Å². The number of carbonyl (C=O) groups excluding carboxylic acids is 2. The van der Waals surface area contributed by atoms with Gasteiger partial charge in [0.25, 0.3) is 15.9 Å². The van der Waals surface area contributed by atoms with Crippen molar-refractivity contribution in [3.63, 3.8) is 0 Å². The Morgan fingerprint density at radius 3 is 2.39 bits per heavy atom. The van der Waals surface area contributed by atoms with Crippen molar-refractivity contribution in [3.05, 3.63) is 40.2 Å². The summed E-state index contributed by atoms with van der Waals surface area (Å²) in [5.41, 5.74) is 5.33. The molecule has 2 aromatic rings. The Hall–Kier alpha value is -2.88. The van der Waals surface area contributed by atoms with Crippen molar-refractivity contribution in [3.8, 4) is 0 Å². The van der Waals surface area contributed by atoms with Crippen molar-refractivity contribution in [2.24, 2.45) is 0 Å². The molecule has 28 heavy (non-hydrogen) atoms. The van der Waals surface area contributed by atoms with Gasteiger partial charge in [0.2, 0.25) is 0 Å². The first kappa shape index (κ1) is 17.2. The molecule has 2 aliphatic carbocycles. The summed E-state index contributed by atoms with van der Waals surface area (Å²) in [6.45, 7) is 0.854. The first-order valence-corrected chi connectivity index (χ1v) is 10.6. The fourth-order valence-electron chi connectivity index (χ4n) is 4.02. The number of hydrogen-bond donors (Lipinski definition) is 2. The summed E-state index contributed by atoms with van der Waals surface area (Å²) in [7, 11) is -2.64. The summed E-state index contributed by atoms with van der Waals surface area (Å²) >= 11 is 0. The molecule has 10 heteroatoms. The molecule has 1 aromatic heterocycles. The molecule has 1 aromatic carbocycles. The maximum atomic E-state index is 12.8. The van der Waals surface area contributed by atoms with E-state index in [1.54, 1.807) is 7.05 Å². The number of carbonyl (C=O) groups is 2. The van der Waals surface area contributed by atoms with Gasteiger partial charge in [0.15, 0.2) is 0 Å². The molecule has 0 saturated heterocycles. The molecule has 0 atom stereocenters. The van der Waals surface area contributed by atoms with Gasteiger partial charge in [-0.25, -0.2) is 17.9 Å². The van der Waals surface area contributed by atoms with Crippen LogP contribution in [0, 0.1) is 0 Å². The zero-order chi connectivity index (χ0) is 19.6. The Morgan fingerprint density at radius 1 is 1.11 bits per heavy atom. The van der Waals surface area contributed by atoms with Crippen LogP contribution in [-0.2, 0) is 42.3 Å². The molecule has 3 amide bonds. The number of nitrogens with zero attached hydrogens (tertiary/aromatic N) is 3. The zero-order valence-electron chi connectivity index (χ0n) is 15.3. The van der Waals surface area contributed by atoms with E-state index in [1.807, 2.05) is 4.72 Å². The largest absolute Gasteiger partial charge is 0.338 e. The van der Waals surface area contributed by atoms with Crippen molar-refractivity contribution in [1.29, 1.82) is 0 Å². The van der Waals surface area contributed by atoms with Crippen LogP contribution < -0.4 is 10.0 Å². The van der Waals surface area contributed by atoms with Crippen LogP contribution in [0.25, 0.3) is 0 Å². The SMILES string of the molecule is CN1CCn2ncc(S(=O)(=O)NC(=O)Nc3c4c(cc5c3CC5)CC4)c2C1=O. The summed E-state index contributed by atoms with van der Waals surface area (Å²) in [6, 6.07) is 1.35. The molecule has 0 fully saturated rings. The summed E-state index contributed by atoms with van der Waals surface area (Å²) in [5, 5.41) is 6.72. The molecule has 0 saturated carbocycles. The number of hydrogen-bond acceptors (Lipinski definition) is 5. The molecule has 0 unspecified atom stereocenters. The lowest BCUT2D eigenvalue weighted by molar-refractivity contribution is 0.0738. The maximum Gasteiger partial charge on any atom is 0.333 e. The third kappa shape index (κ3) is 2.44. The predicted octanol–water partition coefficient (Wildman–Crippen LogP) is 0.676. The van der Waals surface area contributed by atoms with Crippen LogP contribution >= 0.6 is 0 Å². The number of benzene rings is 1. The average Bonchev–Trinajstić information content (AvgIpc) is 3.00. The normalized spacial score (nSPS) is 17.0. The molecule has 5 rings (SSSR count). The van der Waals surface area contributed by atoms with Gasteiger partial charge in [-0.2, -0.15) is 5.10 Å². The van der Waals surface area contributed by atoms with Gasteiger partial charge in [0.1, 0.15) is 10.6 Å². The highest BCUT2D eigenvalue weighted by Gasteiger charge is 2.34. The average molecular weight is 401 g/mol. The standard InChI is InChI=1S/C18H19N5O4S/c1-22-6-7-23-16(17(22)24)14(9-19-23)28(26,27)21-18(25)20-15-12-4-2-10(12)8-11-3-5-13(11)15/h8-9H,2-7H2,1H3,(H2,20,21,25). The second-order valence-corrected chi connectivity index (χ2v) is 9.04. The van der Waals surface area contributed by atoms with Crippen molar-refractivity contribution in [2.75, 3.05) is 18.9 Å². The van der Waals surface area contributed by atoms with Gasteiger partial charge >= 0.3 is 6.03 Å². The molecule has 0 radical (unpaired) electrons. The number of rotatable bonds is 3. The van der Waals surface area contributed by atoms with Crippen LogP contribution in [0.2, 0.25) is 0 Å². The van der Waals surface area contributed by atoms with Crippen molar-refractivity contribution < 1.29 is 18.0 Å². The predicted molar refractivity (Wildman–Crippen MR) is 99.8 cm³/mol. The Labute approximate surface area is 161 Å². The van der Waals surface area contributed by atoms with Gasteiger partial charge < -0.3 is 10.2 Å². The highest BCUT2D eigenvalue weighted by molar-refractivity contribution is 7.90. The summed E-state index contributed by atoms with van der Waals surface area (Å²) in [4.78, 5) is 26.0. The topological polar surface area (TPSA) is 113 Å². The van der Waals surface area contributed by atoms with Gasteiger partial charge in [-0.05, 0) is 47.9 Å². The lowest BCUT2D eigenvalue weighted by atomic mass is 9.76. The monoisotopic (exact) mass is 401 g/mol. The zero-order valence-corrected chi connectivity index (χ0v) is 16.1. The van der Waals surface area contributed by atoms with E-state index in [1.165, 1.54) is 20.7 Å². The first-order chi connectivity index (χ1) is 13.3. The van der Waals surface area contributed by atoms with Gasteiger partial charge in [-0.15, -0.1) is 0 Å². The summed E-state index contributed by atoms with van der Waals surface area (Å²) < 4.78 is 28.9. The number of sulfonamides is 1. The summed E-state index contributed by atoms with van der Waals surface area (Å²) in [5.74, 6) is -0.435. The molecule has 0 spiro atoms. The fraction of sp³-hybridized carbons (Fsp3) is 0.389. The number of urea groups is 1. The van der Waals surface area contributed by atoms with Crippen LogP contribution in [0.1, 0.15) is 32.7 Å². The number of nitrogens with one attached hydrogen (secondary N) is 2. The van der Waals surface area contributed by atoms with E-state index < -0.39 is 22.0 Å². The Morgan fingerprint density at radius 2 is 1.79 bits per heavy atom. The Balaban J connectivity index is 1.41. The number of anilines is 1. The van der Waals surface area contributed by atoms with Gasteiger partial charge in [0.05, 0.1) is 12.7 Å². The van der Waals surface area contributed by atoms with E-state index in [9.17, 15) is 18.0 Å². The Kier molecular flexibility index (Phi) is 3.57. The molecule has 2 heterocycles. The Bertz CT molecular complexity index is 1120. The van der Waals surface area contributed by atoms with E-state index in [0.29, 0.717) is 13.1 Å². The molecular formula is C18H19N5O4S. The van der Waals surface area contributed by atoms with E-state index in [2.05, 4.69) is 16.5 Å². The number of amides is 3. The van der Waals surface area contributed by atoms with Gasteiger partial charge in [-0.1, -0.05) is 6.07 Å². The molecule has 2 N–H and O–H groups in total. The number of aryl methyl sites for hydroxylation is 2. The number of fused-ring (bicyclic) bond motifs is 3. The minimum absolute atomic E-state index is 0.0260. The molecule has 0 bridgehead atoms. The van der Waals surface area contributed by atoms with Crippen LogP contribution in [0.3, 0.4) is 0 Å². The van der Waals surface area contributed by atoms with E-state index in [4.69, 9.17) is 0 Å². The third-order valence-corrected chi connectivity index (χ3v) is 7.11. The van der Waals surface area contributed by atoms with E-state index in [0.717, 1.165) is 48.7 Å². The van der Waals surface area contributed by atoms with Crippen molar-refractivity contribution in [2.45, 2.75) is 37.1 Å². The second-order valence-electron chi connectivity index (χ2n) is 7.39. The first-order valence-electron chi connectivity index (χ1n) is 9.17. The summed E-state index contributed by atoms with van der Waals surface area (Å²) in [6.07, 6.45) is 4.83. The maximum absolute atomic E-state index is 12.8. The van der Waals surface area contributed by atoms with Gasteiger partial charge in [-0.3, -0.25) is 9.48 Å². The van der Waals surface area contributed by atoms with Crippen LogP contribution in [0.5, 0.6) is 0 Å². The van der Waals surface area contributed by atoms with E-state index >= 15 is 0 Å². The lowest BCUT2D eigenvalue weighted by Gasteiger charge is -2.32. The molecule has 3 aliphatic rings. The lowest BCUT2D eigenvalue weighted by Crippen LogP contribution is -2.40. The molecule has 9 nitrogen and oxygen atoms in total. The fourth-order valence-corrected chi connectivity index (χ4v) is 5.05. The molecular weight excluding hydrogens is 382 g/mol. The highest BCUT2D eigenvalue weighted by Crippen LogP contribution is 2.40. The number of likely N-dealkylation sites (N-methyl/N-ethyl adjacent to an activating group) is 1. The third-order valence-electron chi connectivity index (χ3n) is 5.77. The minimum atomic E-state index is -4.24. The quantitative estimate of drug-likeness (QED) is 0.785. The van der Waals surface area contributed by atoms with Crippen LogP contribution in [-0.4, -0.2) is 48.6 Å². The molecule has 1 aliphatic heterocycles. The molecule has 146 valence electrons.